The Morgan fingerprint density at radius 2 is 1.74 bits per heavy atom. The lowest BCUT2D eigenvalue weighted by atomic mass is 10.1. The third-order valence-electron chi connectivity index (χ3n) is 6.70. The lowest BCUT2D eigenvalue weighted by Crippen LogP contribution is -2.56. The molecule has 1 aliphatic carbocycles. The first kappa shape index (κ1) is 27.3. The number of nitrogens with zero attached hydrogens (tertiary/aromatic N) is 4. The van der Waals surface area contributed by atoms with E-state index in [1.807, 2.05) is 30.3 Å². The number of carbonyl (C=O) groups is 3. The van der Waals surface area contributed by atoms with Crippen LogP contribution in [0, 0.1) is 0 Å². The Kier molecular flexibility index (Phi) is 9.47. The molecule has 204 valence electrons. The number of hydrogen-bond donors (Lipinski definition) is 2. The van der Waals surface area contributed by atoms with E-state index in [2.05, 4.69) is 15.3 Å². The van der Waals surface area contributed by atoms with Crippen molar-refractivity contribution in [2.75, 3.05) is 39.4 Å². The zero-order chi connectivity index (χ0) is 26.9. The lowest BCUT2D eigenvalue weighted by Gasteiger charge is -2.35. The summed E-state index contributed by atoms with van der Waals surface area (Å²) < 4.78 is 11.1. The summed E-state index contributed by atoms with van der Waals surface area (Å²) in [4.78, 5) is 50.7. The number of benzene rings is 1. The normalized spacial score (nSPS) is 16.7. The van der Waals surface area contributed by atoms with Gasteiger partial charge in [0, 0.05) is 44.4 Å². The third kappa shape index (κ3) is 6.97. The number of aromatic nitrogens is 2. The molecule has 2 aromatic rings. The van der Waals surface area contributed by atoms with Crippen LogP contribution in [0.3, 0.4) is 0 Å². The van der Waals surface area contributed by atoms with Crippen molar-refractivity contribution in [3.05, 3.63) is 42.1 Å². The molecule has 1 saturated carbocycles. The molecule has 11 heteroatoms. The van der Waals surface area contributed by atoms with Gasteiger partial charge in [-0.25, -0.2) is 9.78 Å². The van der Waals surface area contributed by atoms with Crippen LogP contribution < -0.4 is 10.1 Å². The summed E-state index contributed by atoms with van der Waals surface area (Å²) in [6.45, 7) is 3.02. The highest BCUT2D eigenvalue weighted by molar-refractivity contribution is 5.96. The average molecular weight is 526 g/mol. The van der Waals surface area contributed by atoms with E-state index in [0.29, 0.717) is 37.9 Å². The molecule has 3 amide bonds. The van der Waals surface area contributed by atoms with Crippen LogP contribution in [0.25, 0.3) is 11.4 Å². The maximum Gasteiger partial charge on any atom is 0.409 e. The Labute approximate surface area is 222 Å². The maximum atomic E-state index is 13.3. The van der Waals surface area contributed by atoms with E-state index in [-0.39, 0.29) is 37.3 Å². The molecule has 2 aliphatic rings. The van der Waals surface area contributed by atoms with Crippen LogP contribution in [0.1, 0.15) is 49.5 Å². The van der Waals surface area contributed by atoms with E-state index in [1.165, 1.54) is 6.07 Å². The largest absolute Gasteiger partial charge is 0.474 e. The summed E-state index contributed by atoms with van der Waals surface area (Å²) in [7, 11) is 0. The number of ether oxygens (including phenoxy) is 2. The Balaban J connectivity index is 1.48. The quantitative estimate of drug-likeness (QED) is 0.509. The number of aliphatic hydroxyl groups is 1. The van der Waals surface area contributed by atoms with E-state index < -0.39 is 18.0 Å². The Morgan fingerprint density at radius 1 is 1.05 bits per heavy atom. The third-order valence-corrected chi connectivity index (χ3v) is 6.70. The van der Waals surface area contributed by atoms with Gasteiger partial charge in [0.15, 0.2) is 5.82 Å². The number of amides is 3. The van der Waals surface area contributed by atoms with E-state index >= 15 is 0 Å². The van der Waals surface area contributed by atoms with Gasteiger partial charge in [-0.3, -0.25) is 9.59 Å². The molecule has 1 unspecified atom stereocenters. The number of carbonyl (C=O) groups excluding carboxylic acids is 3. The second kappa shape index (κ2) is 13.2. The molecule has 0 bridgehead atoms. The molecule has 2 N–H and O–H groups in total. The van der Waals surface area contributed by atoms with Crippen molar-refractivity contribution in [2.24, 2.45) is 0 Å². The Morgan fingerprint density at radius 3 is 2.39 bits per heavy atom. The minimum atomic E-state index is -0.948. The molecule has 11 nitrogen and oxygen atoms in total. The van der Waals surface area contributed by atoms with Gasteiger partial charge >= 0.3 is 6.09 Å². The first-order valence-corrected chi connectivity index (χ1v) is 13.2. The number of aliphatic hydroxyl groups excluding tert-OH is 1. The fourth-order valence-electron chi connectivity index (χ4n) is 4.66. The predicted molar refractivity (Wildman–Crippen MR) is 138 cm³/mol. The van der Waals surface area contributed by atoms with Gasteiger partial charge in [0.25, 0.3) is 5.91 Å². The Hall–Kier alpha value is -3.73. The minimum absolute atomic E-state index is 0.0430. The van der Waals surface area contributed by atoms with Gasteiger partial charge in [0.2, 0.25) is 11.8 Å². The van der Waals surface area contributed by atoms with Crippen LogP contribution >= 0.6 is 0 Å². The first-order valence-electron chi connectivity index (χ1n) is 13.2. The fourth-order valence-corrected chi connectivity index (χ4v) is 4.66. The SMILES string of the molecule is CCOC(=O)N1CCN(C(=O)C(CCO)NC(=O)c2cc(OC3CCCC3)nc(-c3ccccc3)n2)CC1. The standard InChI is InChI=1S/C27H35N5O6/c1-2-37-27(36)32-15-13-31(14-16-32)26(35)21(12-17-33)29-25(34)22-18-23(38-20-10-6-7-11-20)30-24(28-22)19-8-4-3-5-9-19/h3-5,8-9,18,20-21,33H,2,6-7,10-17H2,1H3,(H,29,34). The summed E-state index contributed by atoms with van der Waals surface area (Å²) in [5.41, 5.74) is 0.815. The van der Waals surface area contributed by atoms with E-state index in [0.717, 1.165) is 31.2 Å². The van der Waals surface area contributed by atoms with Crippen molar-refractivity contribution in [1.29, 1.82) is 0 Å². The zero-order valence-electron chi connectivity index (χ0n) is 21.7. The summed E-state index contributed by atoms with van der Waals surface area (Å²) in [6.07, 6.45) is 3.73. The van der Waals surface area contributed by atoms with Crippen molar-refractivity contribution in [3.8, 4) is 17.3 Å². The molecular formula is C27H35N5O6. The second-order valence-corrected chi connectivity index (χ2v) is 9.35. The number of piperazine rings is 1. The number of rotatable bonds is 9. The fraction of sp³-hybridized carbons (Fsp3) is 0.519. The first-order chi connectivity index (χ1) is 18.5. The van der Waals surface area contributed by atoms with E-state index in [4.69, 9.17) is 9.47 Å². The molecular weight excluding hydrogens is 490 g/mol. The number of nitrogens with one attached hydrogen (secondary N) is 1. The average Bonchev–Trinajstić information content (AvgIpc) is 3.46. The molecule has 4 rings (SSSR count). The molecule has 38 heavy (non-hydrogen) atoms. The van der Waals surface area contributed by atoms with Gasteiger partial charge in [0.05, 0.1) is 6.61 Å². The molecule has 2 fully saturated rings. The van der Waals surface area contributed by atoms with Crippen LogP contribution in [-0.4, -0.2) is 94.3 Å². The summed E-state index contributed by atoms with van der Waals surface area (Å²) in [5, 5.41) is 12.3. The highest BCUT2D eigenvalue weighted by Gasteiger charge is 2.31. The van der Waals surface area contributed by atoms with Crippen LogP contribution in [0.2, 0.25) is 0 Å². The van der Waals surface area contributed by atoms with Crippen LogP contribution in [0.5, 0.6) is 5.88 Å². The molecule has 1 aliphatic heterocycles. The highest BCUT2D eigenvalue weighted by Crippen LogP contribution is 2.25. The molecule has 1 aromatic carbocycles. The Bertz CT molecular complexity index is 1100. The van der Waals surface area contributed by atoms with E-state index in [1.54, 1.807) is 16.7 Å². The van der Waals surface area contributed by atoms with Crippen LogP contribution in [0.4, 0.5) is 4.79 Å². The van der Waals surface area contributed by atoms with Gasteiger partial charge in [-0.15, -0.1) is 0 Å². The summed E-state index contributed by atoms with van der Waals surface area (Å²) in [6, 6.07) is 9.86. The molecule has 1 saturated heterocycles. The molecule has 1 atom stereocenters. The van der Waals surface area contributed by atoms with Gasteiger partial charge < -0.3 is 29.7 Å². The van der Waals surface area contributed by atoms with Gasteiger partial charge in [-0.2, -0.15) is 4.98 Å². The molecule has 1 aromatic heterocycles. The topological polar surface area (TPSA) is 134 Å². The molecule has 0 spiro atoms. The summed E-state index contributed by atoms with van der Waals surface area (Å²) in [5.74, 6) is -0.212. The molecule has 0 radical (unpaired) electrons. The highest BCUT2D eigenvalue weighted by atomic mass is 16.6. The molecule has 2 heterocycles. The monoisotopic (exact) mass is 525 g/mol. The smallest absolute Gasteiger partial charge is 0.409 e. The second-order valence-electron chi connectivity index (χ2n) is 9.35. The van der Waals surface area contributed by atoms with Crippen molar-refractivity contribution in [2.45, 2.75) is 51.2 Å². The zero-order valence-corrected chi connectivity index (χ0v) is 21.7. The van der Waals surface area contributed by atoms with E-state index in [9.17, 15) is 19.5 Å². The van der Waals surface area contributed by atoms with Gasteiger partial charge in [0.1, 0.15) is 17.8 Å². The minimum Gasteiger partial charge on any atom is -0.474 e. The predicted octanol–water partition coefficient (Wildman–Crippen LogP) is 2.25. The lowest BCUT2D eigenvalue weighted by molar-refractivity contribution is -0.135. The number of hydrogen-bond acceptors (Lipinski definition) is 8. The van der Waals surface area contributed by atoms with Gasteiger partial charge in [-0.1, -0.05) is 30.3 Å². The van der Waals surface area contributed by atoms with Crippen LogP contribution in [0.15, 0.2) is 36.4 Å². The van der Waals surface area contributed by atoms with Crippen molar-refractivity contribution in [3.63, 3.8) is 0 Å². The van der Waals surface area contributed by atoms with Crippen molar-refractivity contribution < 1.29 is 29.0 Å². The maximum absolute atomic E-state index is 13.3. The van der Waals surface area contributed by atoms with Crippen LogP contribution in [-0.2, 0) is 9.53 Å². The van der Waals surface area contributed by atoms with Gasteiger partial charge in [-0.05, 0) is 39.0 Å². The van der Waals surface area contributed by atoms with Crippen molar-refractivity contribution >= 4 is 17.9 Å². The van der Waals surface area contributed by atoms with Crippen molar-refractivity contribution in [1.82, 2.24) is 25.1 Å². The summed E-state index contributed by atoms with van der Waals surface area (Å²) >= 11 is 0.